The molecule has 116 valence electrons. The van der Waals surface area contributed by atoms with Gasteiger partial charge in [-0.2, -0.15) is 0 Å². The molecule has 1 fully saturated rings. The third-order valence-corrected chi connectivity index (χ3v) is 4.03. The molecule has 0 aliphatic carbocycles. The van der Waals surface area contributed by atoms with Crippen LogP contribution in [0.5, 0.6) is 0 Å². The molecule has 5 heteroatoms. The maximum absolute atomic E-state index is 13.1. The molecular weight excluding hydrogens is 285 g/mol. The molecule has 0 amide bonds. The van der Waals surface area contributed by atoms with Crippen LogP contribution in [-0.2, 0) is 11.3 Å². The summed E-state index contributed by atoms with van der Waals surface area (Å²) in [7, 11) is 1.33. The summed E-state index contributed by atoms with van der Waals surface area (Å²) >= 11 is 0. The summed E-state index contributed by atoms with van der Waals surface area (Å²) in [5, 5.41) is 0. The van der Waals surface area contributed by atoms with Gasteiger partial charge in [0.1, 0.15) is 11.6 Å². The van der Waals surface area contributed by atoms with Gasteiger partial charge in [0.15, 0.2) is 0 Å². The molecule has 1 aromatic carbocycles. The average molecular weight is 303 g/mol. The van der Waals surface area contributed by atoms with Gasteiger partial charge in [-0.15, -0.1) is 0 Å². The van der Waals surface area contributed by atoms with Crippen molar-refractivity contribution in [3.63, 3.8) is 0 Å². The van der Waals surface area contributed by atoms with Crippen molar-refractivity contribution in [1.82, 2.24) is 4.90 Å². The van der Waals surface area contributed by atoms with Crippen molar-refractivity contribution in [2.45, 2.75) is 25.4 Å². The van der Waals surface area contributed by atoms with E-state index in [4.69, 9.17) is 4.42 Å². The molecule has 1 unspecified atom stereocenters. The van der Waals surface area contributed by atoms with Crippen LogP contribution in [0.2, 0.25) is 0 Å². The van der Waals surface area contributed by atoms with Crippen LogP contribution in [0.3, 0.4) is 0 Å². The summed E-state index contributed by atoms with van der Waals surface area (Å²) in [6, 6.07) is 10.3. The molecule has 4 nitrogen and oxygen atoms in total. The molecule has 3 rings (SSSR count). The van der Waals surface area contributed by atoms with Gasteiger partial charge in [0.25, 0.3) is 0 Å². The lowest BCUT2D eigenvalue weighted by Gasteiger charge is -2.23. The number of nitrogens with zero attached hydrogens (tertiary/aromatic N) is 1. The van der Waals surface area contributed by atoms with Crippen molar-refractivity contribution in [3.8, 4) is 0 Å². The Bertz CT molecular complexity index is 650. The van der Waals surface area contributed by atoms with Gasteiger partial charge in [-0.3, -0.25) is 4.90 Å². The van der Waals surface area contributed by atoms with Crippen molar-refractivity contribution >= 4 is 5.97 Å². The first-order valence-electron chi connectivity index (χ1n) is 7.34. The Labute approximate surface area is 128 Å². The quantitative estimate of drug-likeness (QED) is 0.810. The monoisotopic (exact) mass is 303 g/mol. The first-order valence-corrected chi connectivity index (χ1v) is 7.34. The molecule has 1 saturated heterocycles. The SMILES string of the molecule is COC(=O)c1ccc(CN2CCCC2c2ccc(F)cc2)o1. The predicted octanol–water partition coefficient (Wildman–Crippen LogP) is 3.54. The second kappa shape index (κ2) is 6.32. The summed E-state index contributed by atoms with van der Waals surface area (Å²) in [6.07, 6.45) is 2.13. The van der Waals surface area contributed by atoms with Crippen LogP contribution in [0, 0.1) is 5.82 Å². The van der Waals surface area contributed by atoms with Crippen molar-refractivity contribution < 1.29 is 18.3 Å². The van der Waals surface area contributed by atoms with Gasteiger partial charge in [0.2, 0.25) is 5.76 Å². The lowest BCUT2D eigenvalue weighted by molar-refractivity contribution is 0.0561. The Morgan fingerprint density at radius 1 is 1.32 bits per heavy atom. The Balaban J connectivity index is 1.72. The number of carbonyl (C=O) groups is 1. The average Bonchev–Trinajstić information content (AvgIpc) is 3.17. The molecule has 0 N–H and O–H groups in total. The minimum Gasteiger partial charge on any atom is -0.463 e. The number of furan rings is 1. The molecule has 0 bridgehead atoms. The highest BCUT2D eigenvalue weighted by atomic mass is 19.1. The van der Waals surface area contributed by atoms with Crippen LogP contribution in [0.1, 0.15) is 40.8 Å². The Kier molecular flexibility index (Phi) is 4.24. The fraction of sp³-hybridized carbons (Fsp3) is 0.353. The van der Waals surface area contributed by atoms with Gasteiger partial charge in [0.05, 0.1) is 13.7 Å². The van der Waals surface area contributed by atoms with E-state index in [9.17, 15) is 9.18 Å². The molecule has 0 spiro atoms. The van der Waals surface area contributed by atoms with Crippen molar-refractivity contribution in [3.05, 3.63) is 59.3 Å². The zero-order chi connectivity index (χ0) is 15.5. The number of hydrogen-bond donors (Lipinski definition) is 0. The maximum Gasteiger partial charge on any atom is 0.373 e. The summed E-state index contributed by atoms with van der Waals surface area (Å²) in [6.45, 7) is 1.58. The van der Waals surface area contributed by atoms with Gasteiger partial charge in [-0.05, 0) is 49.2 Å². The van der Waals surface area contributed by atoms with E-state index in [1.807, 2.05) is 12.1 Å². The van der Waals surface area contributed by atoms with Crippen LogP contribution in [0.4, 0.5) is 4.39 Å². The van der Waals surface area contributed by atoms with Crippen LogP contribution in [0.25, 0.3) is 0 Å². The molecule has 1 aromatic heterocycles. The number of benzene rings is 1. The summed E-state index contributed by atoms with van der Waals surface area (Å²) < 4.78 is 23.2. The van der Waals surface area contributed by atoms with Gasteiger partial charge in [-0.25, -0.2) is 9.18 Å². The number of methoxy groups -OCH3 is 1. The Morgan fingerprint density at radius 3 is 2.82 bits per heavy atom. The molecule has 0 saturated carbocycles. The molecule has 2 heterocycles. The second-order valence-corrected chi connectivity index (χ2v) is 5.44. The lowest BCUT2D eigenvalue weighted by atomic mass is 10.0. The zero-order valence-electron chi connectivity index (χ0n) is 12.4. The Hall–Kier alpha value is -2.14. The highest BCUT2D eigenvalue weighted by Crippen LogP contribution is 2.33. The van der Waals surface area contributed by atoms with E-state index in [0.29, 0.717) is 6.54 Å². The number of esters is 1. The third-order valence-electron chi connectivity index (χ3n) is 4.03. The van der Waals surface area contributed by atoms with Crippen molar-refractivity contribution in [2.24, 2.45) is 0 Å². The molecule has 22 heavy (non-hydrogen) atoms. The number of halogens is 1. The van der Waals surface area contributed by atoms with Crippen molar-refractivity contribution in [2.75, 3.05) is 13.7 Å². The van der Waals surface area contributed by atoms with Gasteiger partial charge in [-0.1, -0.05) is 12.1 Å². The first-order chi connectivity index (χ1) is 10.7. The normalized spacial score (nSPS) is 18.5. The van der Waals surface area contributed by atoms with E-state index in [-0.39, 0.29) is 17.6 Å². The van der Waals surface area contributed by atoms with Crippen molar-refractivity contribution in [1.29, 1.82) is 0 Å². The predicted molar refractivity (Wildman–Crippen MR) is 78.8 cm³/mol. The smallest absolute Gasteiger partial charge is 0.373 e. The summed E-state index contributed by atoms with van der Waals surface area (Å²) in [5.74, 6) is 0.259. The molecule has 1 aliphatic heterocycles. The van der Waals surface area contributed by atoms with E-state index in [0.717, 1.165) is 30.7 Å². The number of likely N-dealkylation sites (tertiary alicyclic amines) is 1. The van der Waals surface area contributed by atoms with Crippen LogP contribution in [-0.4, -0.2) is 24.5 Å². The minimum atomic E-state index is -0.470. The molecule has 1 aliphatic rings. The number of carbonyl (C=O) groups excluding carboxylic acids is 1. The van der Waals surface area contributed by atoms with E-state index in [2.05, 4.69) is 9.64 Å². The maximum atomic E-state index is 13.1. The summed E-state index contributed by atoms with van der Waals surface area (Å²) in [4.78, 5) is 13.7. The van der Waals surface area contributed by atoms with Gasteiger partial charge < -0.3 is 9.15 Å². The first kappa shape index (κ1) is 14.8. The highest BCUT2D eigenvalue weighted by molar-refractivity contribution is 5.86. The zero-order valence-corrected chi connectivity index (χ0v) is 12.4. The third kappa shape index (κ3) is 3.04. The number of hydrogen-bond acceptors (Lipinski definition) is 4. The van der Waals surface area contributed by atoms with Gasteiger partial charge >= 0.3 is 5.97 Å². The van der Waals surface area contributed by atoms with E-state index < -0.39 is 5.97 Å². The standard InChI is InChI=1S/C17H18FNO3/c1-21-17(20)16-9-8-14(22-16)11-19-10-2-3-15(19)12-4-6-13(18)7-5-12/h4-9,15H,2-3,10-11H2,1H3. The number of rotatable bonds is 4. The Morgan fingerprint density at radius 2 is 2.09 bits per heavy atom. The molecule has 1 atom stereocenters. The highest BCUT2D eigenvalue weighted by Gasteiger charge is 2.27. The molecular formula is C17H18FNO3. The fourth-order valence-electron chi connectivity index (χ4n) is 2.95. The van der Waals surface area contributed by atoms with Crippen LogP contribution in [0.15, 0.2) is 40.8 Å². The minimum absolute atomic E-state index is 0.218. The van der Waals surface area contributed by atoms with E-state index >= 15 is 0 Å². The van der Waals surface area contributed by atoms with Gasteiger partial charge in [0, 0.05) is 6.04 Å². The molecule has 2 aromatic rings. The topological polar surface area (TPSA) is 42.7 Å². The summed E-state index contributed by atoms with van der Waals surface area (Å²) in [5.41, 5.74) is 1.11. The second-order valence-electron chi connectivity index (χ2n) is 5.44. The van der Waals surface area contributed by atoms with Crippen LogP contribution < -0.4 is 0 Å². The largest absolute Gasteiger partial charge is 0.463 e. The van der Waals surface area contributed by atoms with E-state index in [1.54, 1.807) is 12.1 Å². The molecule has 0 radical (unpaired) electrons. The van der Waals surface area contributed by atoms with E-state index in [1.165, 1.54) is 19.2 Å². The lowest BCUT2D eigenvalue weighted by Crippen LogP contribution is -2.22. The number of ether oxygens (including phenoxy) is 1. The fourth-order valence-corrected chi connectivity index (χ4v) is 2.95. The van der Waals surface area contributed by atoms with Crippen LogP contribution >= 0.6 is 0 Å².